The van der Waals surface area contributed by atoms with Gasteiger partial charge in [-0.1, -0.05) is 31.5 Å². The second-order valence-electron chi connectivity index (χ2n) is 4.57. The molecule has 0 saturated carbocycles. The van der Waals surface area contributed by atoms with E-state index in [9.17, 15) is 4.79 Å². The molecule has 0 unspecified atom stereocenters. The third kappa shape index (κ3) is 7.64. The number of amides is 2. The molecule has 6 heteroatoms. The van der Waals surface area contributed by atoms with Crippen molar-refractivity contribution in [2.45, 2.75) is 20.4 Å². The van der Waals surface area contributed by atoms with Crippen molar-refractivity contribution in [3.8, 4) is 0 Å². The molecule has 1 aromatic heterocycles. The van der Waals surface area contributed by atoms with E-state index in [1.807, 2.05) is 6.07 Å². The number of hydrogen-bond acceptors (Lipinski definition) is 3. The van der Waals surface area contributed by atoms with E-state index < -0.39 is 0 Å². The Balaban J connectivity index is 2.09. The van der Waals surface area contributed by atoms with E-state index in [0.29, 0.717) is 37.4 Å². The van der Waals surface area contributed by atoms with Crippen LogP contribution in [0.5, 0.6) is 0 Å². The number of rotatable bonds is 7. The van der Waals surface area contributed by atoms with Gasteiger partial charge in [-0.2, -0.15) is 0 Å². The largest absolute Gasteiger partial charge is 0.379 e. The molecule has 0 saturated heterocycles. The second-order valence-corrected chi connectivity index (χ2v) is 4.95. The highest BCUT2D eigenvalue weighted by atomic mass is 35.5. The molecule has 0 aliphatic carbocycles. The molecule has 0 radical (unpaired) electrons. The zero-order valence-electron chi connectivity index (χ0n) is 11.3. The fourth-order valence-electron chi connectivity index (χ4n) is 1.31. The number of nitrogens with zero attached hydrogens (tertiary/aromatic N) is 1. The molecule has 1 rings (SSSR count). The van der Waals surface area contributed by atoms with Crippen LogP contribution in [0.3, 0.4) is 0 Å². The summed E-state index contributed by atoms with van der Waals surface area (Å²) < 4.78 is 5.35. The number of pyridine rings is 1. The Labute approximate surface area is 118 Å². The molecule has 106 valence electrons. The first-order chi connectivity index (χ1) is 9.08. The van der Waals surface area contributed by atoms with Gasteiger partial charge in [0, 0.05) is 25.9 Å². The van der Waals surface area contributed by atoms with Crippen LogP contribution in [0.25, 0.3) is 0 Å². The zero-order chi connectivity index (χ0) is 14.1. The molecule has 0 aliphatic heterocycles. The molecule has 2 N–H and O–H groups in total. The molecule has 5 nitrogen and oxygen atoms in total. The van der Waals surface area contributed by atoms with Crippen molar-refractivity contribution < 1.29 is 9.53 Å². The lowest BCUT2D eigenvalue weighted by Gasteiger charge is -2.09. The molecule has 19 heavy (non-hydrogen) atoms. The Hall–Kier alpha value is -1.33. The lowest BCUT2D eigenvalue weighted by atomic mass is 10.2. The van der Waals surface area contributed by atoms with Gasteiger partial charge in [-0.3, -0.25) is 0 Å². The number of hydrogen-bond donors (Lipinski definition) is 2. The van der Waals surface area contributed by atoms with Crippen LogP contribution in [0.15, 0.2) is 18.3 Å². The van der Waals surface area contributed by atoms with Crippen LogP contribution < -0.4 is 10.6 Å². The van der Waals surface area contributed by atoms with E-state index >= 15 is 0 Å². The quantitative estimate of drug-likeness (QED) is 0.596. The molecule has 0 fully saturated rings. The van der Waals surface area contributed by atoms with Gasteiger partial charge in [0.25, 0.3) is 0 Å². The number of urea groups is 1. The smallest absolute Gasteiger partial charge is 0.315 e. The number of nitrogens with one attached hydrogen (secondary N) is 2. The first-order valence-corrected chi connectivity index (χ1v) is 6.65. The minimum atomic E-state index is -0.219. The molecular formula is C13H20ClN3O2. The number of aromatic nitrogens is 1. The average molecular weight is 286 g/mol. The Kier molecular flexibility index (Phi) is 7.22. The number of carbonyl (C=O) groups is 1. The van der Waals surface area contributed by atoms with Crippen molar-refractivity contribution in [3.05, 3.63) is 29.0 Å². The van der Waals surface area contributed by atoms with Crippen LogP contribution in [0.4, 0.5) is 4.79 Å². The minimum absolute atomic E-state index is 0.219. The van der Waals surface area contributed by atoms with E-state index in [1.54, 1.807) is 12.3 Å². The molecule has 0 spiro atoms. The van der Waals surface area contributed by atoms with Gasteiger partial charge < -0.3 is 15.4 Å². The molecule has 1 aromatic rings. The predicted molar refractivity (Wildman–Crippen MR) is 75.1 cm³/mol. The highest BCUT2D eigenvalue weighted by Gasteiger charge is 2.00. The van der Waals surface area contributed by atoms with Crippen LogP contribution >= 0.6 is 11.6 Å². The predicted octanol–water partition coefficient (Wildman–Crippen LogP) is 2.21. The number of carbonyl (C=O) groups excluding carboxylic acids is 1. The first-order valence-electron chi connectivity index (χ1n) is 6.28. The Morgan fingerprint density at radius 3 is 2.84 bits per heavy atom. The summed E-state index contributed by atoms with van der Waals surface area (Å²) in [6.45, 7) is 6.31. The number of halogens is 1. The van der Waals surface area contributed by atoms with Crippen molar-refractivity contribution in [1.82, 2.24) is 15.6 Å². The van der Waals surface area contributed by atoms with Crippen molar-refractivity contribution >= 4 is 17.6 Å². The molecule has 0 aliphatic rings. The molecular weight excluding hydrogens is 266 g/mol. The van der Waals surface area contributed by atoms with E-state index in [2.05, 4.69) is 29.5 Å². The standard InChI is InChI=1S/C13H20ClN3O2/c1-10(2)9-19-6-5-15-13(18)17-8-11-3-4-12(14)16-7-11/h3-4,7,10H,5-6,8-9H2,1-2H3,(H2,15,17,18). The van der Waals surface area contributed by atoms with Gasteiger partial charge in [0.2, 0.25) is 0 Å². The topological polar surface area (TPSA) is 63.2 Å². The third-order valence-electron chi connectivity index (χ3n) is 2.22. The van der Waals surface area contributed by atoms with Crippen molar-refractivity contribution in [2.24, 2.45) is 5.92 Å². The van der Waals surface area contributed by atoms with Gasteiger partial charge in [-0.25, -0.2) is 9.78 Å². The minimum Gasteiger partial charge on any atom is -0.379 e. The highest BCUT2D eigenvalue weighted by molar-refractivity contribution is 6.29. The summed E-state index contributed by atoms with van der Waals surface area (Å²) in [5.74, 6) is 0.506. The summed E-state index contributed by atoms with van der Waals surface area (Å²) in [4.78, 5) is 15.4. The van der Waals surface area contributed by atoms with Gasteiger partial charge in [-0.15, -0.1) is 0 Å². The fraction of sp³-hybridized carbons (Fsp3) is 0.538. The normalized spacial score (nSPS) is 10.5. The maximum Gasteiger partial charge on any atom is 0.315 e. The number of ether oxygens (including phenoxy) is 1. The summed E-state index contributed by atoms with van der Waals surface area (Å²) in [7, 11) is 0. The van der Waals surface area contributed by atoms with Gasteiger partial charge >= 0.3 is 6.03 Å². The molecule has 0 atom stereocenters. The average Bonchev–Trinajstić information content (AvgIpc) is 2.37. The summed E-state index contributed by atoms with van der Waals surface area (Å²) in [5, 5.41) is 5.89. The van der Waals surface area contributed by atoms with Gasteiger partial charge in [0.15, 0.2) is 0 Å². The Morgan fingerprint density at radius 2 is 2.21 bits per heavy atom. The maximum atomic E-state index is 11.5. The van der Waals surface area contributed by atoms with Crippen LogP contribution in [-0.4, -0.2) is 30.8 Å². The summed E-state index contributed by atoms with van der Waals surface area (Å²) >= 11 is 5.67. The monoisotopic (exact) mass is 285 g/mol. The second kappa shape index (κ2) is 8.72. The SMILES string of the molecule is CC(C)COCCNC(=O)NCc1ccc(Cl)nc1. The first kappa shape index (κ1) is 15.7. The molecule has 1 heterocycles. The fourth-order valence-corrected chi connectivity index (χ4v) is 1.42. The van der Waals surface area contributed by atoms with Crippen molar-refractivity contribution in [3.63, 3.8) is 0 Å². The van der Waals surface area contributed by atoms with Crippen molar-refractivity contribution in [1.29, 1.82) is 0 Å². The van der Waals surface area contributed by atoms with Gasteiger partial charge in [0.1, 0.15) is 5.15 Å². The van der Waals surface area contributed by atoms with E-state index in [1.165, 1.54) is 0 Å². The summed E-state index contributed by atoms with van der Waals surface area (Å²) in [6.07, 6.45) is 1.63. The molecule has 2 amide bonds. The molecule has 0 aromatic carbocycles. The van der Waals surface area contributed by atoms with E-state index in [-0.39, 0.29) is 6.03 Å². The third-order valence-corrected chi connectivity index (χ3v) is 2.45. The van der Waals surface area contributed by atoms with Gasteiger partial charge in [-0.05, 0) is 17.5 Å². The van der Waals surface area contributed by atoms with Gasteiger partial charge in [0.05, 0.1) is 6.61 Å². The highest BCUT2D eigenvalue weighted by Crippen LogP contribution is 2.04. The Morgan fingerprint density at radius 1 is 1.42 bits per heavy atom. The summed E-state index contributed by atoms with van der Waals surface area (Å²) in [6, 6.07) is 3.29. The lowest BCUT2D eigenvalue weighted by Crippen LogP contribution is -2.37. The lowest BCUT2D eigenvalue weighted by molar-refractivity contribution is 0.112. The van der Waals surface area contributed by atoms with Crippen LogP contribution in [0.1, 0.15) is 19.4 Å². The van der Waals surface area contributed by atoms with Crippen molar-refractivity contribution in [2.75, 3.05) is 19.8 Å². The van der Waals surface area contributed by atoms with Crippen LogP contribution in [-0.2, 0) is 11.3 Å². The van der Waals surface area contributed by atoms with Crippen LogP contribution in [0.2, 0.25) is 5.15 Å². The van der Waals surface area contributed by atoms with E-state index in [0.717, 1.165) is 5.56 Å². The zero-order valence-corrected chi connectivity index (χ0v) is 12.0. The van der Waals surface area contributed by atoms with Crippen LogP contribution in [0, 0.1) is 5.92 Å². The van der Waals surface area contributed by atoms with E-state index in [4.69, 9.17) is 16.3 Å². The Bertz CT molecular complexity index is 382. The maximum absolute atomic E-state index is 11.5. The molecule has 0 bridgehead atoms. The summed E-state index contributed by atoms with van der Waals surface area (Å²) in [5.41, 5.74) is 0.899.